The normalized spacial score (nSPS) is 10.4. The first kappa shape index (κ1) is 18.3. The number of halogens is 1. The number of benzene rings is 1. The minimum Gasteiger partial charge on any atom is -0.493 e. The van der Waals surface area contributed by atoms with Crippen molar-refractivity contribution < 1.29 is 14.3 Å². The fourth-order valence-corrected chi connectivity index (χ4v) is 3.09. The van der Waals surface area contributed by atoms with E-state index in [0.717, 1.165) is 22.6 Å². The highest BCUT2D eigenvalue weighted by molar-refractivity contribution is 9.10. The predicted octanol–water partition coefficient (Wildman–Crippen LogP) is 4.43. The molecule has 0 saturated heterocycles. The molecule has 24 heavy (non-hydrogen) atoms. The lowest BCUT2D eigenvalue weighted by atomic mass is 10.1. The van der Waals surface area contributed by atoms with Crippen molar-refractivity contribution in [2.24, 2.45) is 0 Å². The number of hydrogen-bond donors (Lipinski definition) is 1. The lowest BCUT2D eigenvalue weighted by molar-refractivity contribution is 0.102. The number of anilines is 1. The summed E-state index contributed by atoms with van der Waals surface area (Å²) in [5, 5.41) is 2.93. The monoisotopic (exact) mass is 392 g/mol. The number of amides is 1. The second-order valence-corrected chi connectivity index (χ2v) is 6.27. The topological polar surface area (TPSA) is 60.5 Å². The lowest BCUT2D eigenvalue weighted by Gasteiger charge is -2.15. The minimum atomic E-state index is -0.228. The summed E-state index contributed by atoms with van der Waals surface area (Å²) < 4.78 is 11.6. The summed E-state index contributed by atoms with van der Waals surface area (Å²) in [4.78, 5) is 17.0. The minimum absolute atomic E-state index is 0.228. The molecule has 0 saturated carbocycles. The van der Waals surface area contributed by atoms with Crippen molar-refractivity contribution in [1.82, 2.24) is 4.98 Å². The molecule has 6 heteroatoms. The van der Waals surface area contributed by atoms with Gasteiger partial charge in [0.25, 0.3) is 5.91 Å². The van der Waals surface area contributed by atoms with Crippen LogP contribution < -0.4 is 14.8 Å². The second-order valence-electron chi connectivity index (χ2n) is 5.42. The Bertz CT molecular complexity index is 752. The second kappa shape index (κ2) is 7.66. The fraction of sp³-hybridized carbons (Fsp3) is 0.333. The van der Waals surface area contributed by atoms with Gasteiger partial charge in [-0.15, -0.1) is 0 Å². The molecule has 1 amide bonds. The zero-order chi connectivity index (χ0) is 17.9. The summed E-state index contributed by atoms with van der Waals surface area (Å²) in [6.07, 6.45) is 0. The van der Waals surface area contributed by atoms with E-state index in [-0.39, 0.29) is 5.91 Å². The van der Waals surface area contributed by atoms with Gasteiger partial charge in [-0.25, -0.2) is 0 Å². The van der Waals surface area contributed by atoms with E-state index in [9.17, 15) is 4.79 Å². The van der Waals surface area contributed by atoms with Crippen molar-refractivity contribution in [3.63, 3.8) is 0 Å². The van der Waals surface area contributed by atoms with Crippen LogP contribution in [-0.4, -0.2) is 24.6 Å². The van der Waals surface area contributed by atoms with Gasteiger partial charge in [0.1, 0.15) is 0 Å². The Labute approximate surface area is 150 Å². The summed E-state index contributed by atoms with van der Waals surface area (Å²) in [7, 11) is 1.55. The summed E-state index contributed by atoms with van der Waals surface area (Å²) in [6, 6.07) is 5.32. The number of aryl methyl sites for hydroxylation is 3. The Morgan fingerprint density at radius 1 is 1.25 bits per heavy atom. The summed E-state index contributed by atoms with van der Waals surface area (Å²) in [5.41, 5.74) is 3.90. The molecule has 0 spiro atoms. The Morgan fingerprint density at radius 3 is 2.54 bits per heavy atom. The van der Waals surface area contributed by atoms with Crippen LogP contribution in [0.4, 0.5) is 5.69 Å². The number of aromatic nitrogens is 1. The van der Waals surface area contributed by atoms with E-state index in [0.29, 0.717) is 28.1 Å². The van der Waals surface area contributed by atoms with Crippen LogP contribution in [0.2, 0.25) is 0 Å². The first-order valence-corrected chi connectivity index (χ1v) is 8.43. The summed E-state index contributed by atoms with van der Waals surface area (Å²) in [6.45, 7) is 8.16. The molecule has 0 radical (unpaired) electrons. The molecule has 128 valence electrons. The Balaban J connectivity index is 2.36. The molecule has 0 aliphatic rings. The molecule has 1 heterocycles. The maximum absolute atomic E-state index is 12.6. The number of pyridine rings is 1. The van der Waals surface area contributed by atoms with E-state index >= 15 is 0 Å². The number of carbonyl (C=O) groups excluding carboxylic acids is 1. The lowest BCUT2D eigenvalue weighted by Crippen LogP contribution is -2.15. The van der Waals surface area contributed by atoms with E-state index in [1.54, 1.807) is 19.2 Å². The number of nitrogens with zero attached hydrogens (tertiary/aromatic N) is 1. The van der Waals surface area contributed by atoms with Crippen LogP contribution in [0.25, 0.3) is 0 Å². The predicted molar refractivity (Wildman–Crippen MR) is 98.3 cm³/mol. The first-order chi connectivity index (χ1) is 11.4. The third-order valence-electron chi connectivity index (χ3n) is 3.54. The van der Waals surface area contributed by atoms with Gasteiger partial charge in [0, 0.05) is 11.3 Å². The number of methoxy groups -OCH3 is 1. The Hall–Kier alpha value is -2.08. The van der Waals surface area contributed by atoms with Crippen LogP contribution in [-0.2, 0) is 0 Å². The SMILES string of the molecule is CCOc1c(Br)cc(C(=O)Nc2c(C)cc(C)nc2C)cc1OC. The van der Waals surface area contributed by atoms with Crippen LogP contribution in [0.1, 0.15) is 34.2 Å². The van der Waals surface area contributed by atoms with Crippen LogP contribution in [0.15, 0.2) is 22.7 Å². The van der Waals surface area contributed by atoms with E-state index in [4.69, 9.17) is 9.47 Å². The highest BCUT2D eigenvalue weighted by Gasteiger charge is 2.17. The number of hydrogen-bond acceptors (Lipinski definition) is 4. The van der Waals surface area contributed by atoms with E-state index in [1.807, 2.05) is 33.8 Å². The molecule has 1 aromatic carbocycles. The molecule has 5 nitrogen and oxygen atoms in total. The van der Waals surface area contributed by atoms with Gasteiger partial charge in [-0.3, -0.25) is 9.78 Å². The van der Waals surface area contributed by atoms with Crippen molar-refractivity contribution in [3.05, 3.63) is 45.2 Å². The van der Waals surface area contributed by atoms with Crippen LogP contribution >= 0.6 is 15.9 Å². The zero-order valence-corrected chi connectivity index (χ0v) is 16.1. The molecule has 0 fully saturated rings. The number of carbonyl (C=O) groups is 1. The Morgan fingerprint density at radius 2 is 1.96 bits per heavy atom. The van der Waals surface area contributed by atoms with E-state index in [1.165, 1.54) is 0 Å². The summed E-state index contributed by atoms with van der Waals surface area (Å²) in [5.74, 6) is 0.863. The van der Waals surface area contributed by atoms with Crippen molar-refractivity contribution in [3.8, 4) is 11.5 Å². The molecule has 2 rings (SSSR count). The fourth-order valence-electron chi connectivity index (χ4n) is 2.53. The number of ether oxygens (including phenoxy) is 2. The van der Waals surface area contributed by atoms with Crippen LogP contribution in [0, 0.1) is 20.8 Å². The molecule has 2 aromatic rings. The van der Waals surface area contributed by atoms with E-state index < -0.39 is 0 Å². The smallest absolute Gasteiger partial charge is 0.255 e. The van der Waals surface area contributed by atoms with Gasteiger partial charge in [-0.2, -0.15) is 0 Å². The molecule has 0 atom stereocenters. The third kappa shape index (κ3) is 3.87. The zero-order valence-electron chi connectivity index (χ0n) is 14.5. The number of nitrogens with one attached hydrogen (secondary N) is 1. The van der Waals surface area contributed by atoms with Gasteiger partial charge in [-0.1, -0.05) is 0 Å². The van der Waals surface area contributed by atoms with Gasteiger partial charge >= 0.3 is 0 Å². The summed E-state index contributed by atoms with van der Waals surface area (Å²) >= 11 is 3.43. The molecule has 1 N–H and O–H groups in total. The maximum atomic E-state index is 12.6. The molecule has 0 bridgehead atoms. The van der Waals surface area contributed by atoms with Gasteiger partial charge in [0.15, 0.2) is 11.5 Å². The van der Waals surface area contributed by atoms with E-state index in [2.05, 4.69) is 26.2 Å². The quantitative estimate of drug-likeness (QED) is 0.817. The average molecular weight is 393 g/mol. The van der Waals surface area contributed by atoms with Gasteiger partial charge in [0.05, 0.1) is 29.6 Å². The average Bonchev–Trinajstić information content (AvgIpc) is 2.52. The largest absolute Gasteiger partial charge is 0.493 e. The molecule has 0 aliphatic carbocycles. The molecule has 0 aliphatic heterocycles. The maximum Gasteiger partial charge on any atom is 0.255 e. The standard InChI is InChI=1S/C18H21BrN2O3/c1-6-24-17-14(19)8-13(9-15(17)23-5)18(22)21-16-10(2)7-11(3)20-12(16)4/h7-9H,6H2,1-5H3,(H,21,22). The van der Waals surface area contributed by atoms with Gasteiger partial charge in [0.2, 0.25) is 0 Å². The number of rotatable bonds is 5. The molecular weight excluding hydrogens is 372 g/mol. The van der Waals surface area contributed by atoms with Gasteiger partial charge in [-0.05, 0) is 67.4 Å². The van der Waals surface area contributed by atoms with Crippen molar-refractivity contribution >= 4 is 27.5 Å². The first-order valence-electron chi connectivity index (χ1n) is 7.63. The van der Waals surface area contributed by atoms with Crippen molar-refractivity contribution in [2.45, 2.75) is 27.7 Å². The Kier molecular flexibility index (Phi) is 5.83. The van der Waals surface area contributed by atoms with Crippen molar-refractivity contribution in [2.75, 3.05) is 19.0 Å². The molecular formula is C18H21BrN2O3. The van der Waals surface area contributed by atoms with Gasteiger partial charge < -0.3 is 14.8 Å². The highest BCUT2D eigenvalue weighted by Crippen LogP contribution is 2.37. The molecule has 0 unspecified atom stereocenters. The third-order valence-corrected chi connectivity index (χ3v) is 4.13. The van der Waals surface area contributed by atoms with Crippen molar-refractivity contribution in [1.29, 1.82) is 0 Å². The van der Waals surface area contributed by atoms with Crippen LogP contribution in [0.3, 0.4) is 0 Å². The van der Waals surface area contributed by atoms with Crippen LogP contribution in [0.5, 0.6) is 11.5 Å². The molecule has 1 aromatic heterocycles. The highest BCUT2D eigenvalue weighted by atomic mass is 79.9.